The summed E-state index contributed by atoms with van der Waals surface area (Å²) < 4.78 is 33.1. The van der Waals surface area contributed by atoms with Gasteiger partial charge in [0, 0.05) is 24.1 Å². The Kier molecular flexibility index (Phi) is 5.65. The van der Waals surface area contributed by atoms with Crippen LogP contribution in [0.1, 0.15) is 41.9 Å². The van der Waals surface area contributed by atoms with E-state index in [4.69, 9.17) is 4.52 Å². The number of carbonyl (C=O) groups is 1. The fraction of sp³-hybridized carbons (Fsp3) is 0.286. The topological polar surface area (TPSA) is 114 Å². The fourth-order valence-corrected chi connectivity index (χ4v) is 4.88. The molecule has 2 N–H and O–H groups in total. The number of para-hydroxylation sites is 1. The summed E-state index contributed by atoms with van der Waals surface area (Å²) in [7, 11) is -3.68. The number of hydrogen-bond donors (Lipinski definition) is 2. The summed E-state index contributed by atoms with van der Waals surface area (Å²) in [5.74, 6) is 0.347. The highest BCUT2D eigenvalue weighted by Gasteiger charge is 2.23. The van der Waals surface area contributed by atoms with E-state index in [0.717, 1.165) is 25.7 Å². The van der Waals surface area contributed by atoms with Crippen molar-refractivity contribution >= 4 is 21.6 Å². The summed E-state index contributed by atoms with van der Waals surface area (Å²) in [6, 6.07) is 13.0. The Morgan fingerprint density at radius 3 is 2.60 bits per heavy atom. The van der Waals surface area contributed by atoms with E-state index in [1.165, 1.54) is 12.1 Å². The number of nitrogens with one attached hydrogen (secondary N) is 2. The molecule has 1 amide bonds. The molecule has 1 aliphatic carbocycles. The molecule has 1 saturated carbocycles. The van der Waals surface area contributed by atoms with Gasteiger partial charge in [-0.2, -0.15) is 4.98 Å². The first kappa shape index (κ1) is 20.2. The van der Waals surface area contributed by atoms with Gasteiger partial charge in [0.1, 0.15) is 0 Å². The minimum absolute atomic E-state index is 0.0437. The van der Waals surface area contributed by atoms with Crippen LogP contribution in [0.2, 0.25) is 0 Å². The molecule has 1 aromatic heterocycles. The number of benzene rings is 2. The second-order valence-electron chi connectivity index (χ2n) is 7.27. The Hall–Kier alpha value is -3.04. The summed E-state index contributed by atoms with van der Waals surface area (Å²) >= 11 is 0. The van der Waals surface area contributed by atoms with Gasteiger partial charge in [-0.15, -0.1) is 0 Å². The van der Waals surface area contributed by atoms with Crippen molar-refractivity contribution in [3.8, 4) is 11.4 Å². The highest BCUT2D eigenvalue weighted by Crippen LogP contribution is 2.26. The van der Waals surface area contributed by atoms with E-state index in [2.05, 4.69) is 20.2 Å². The second kappa shape index (κ2) is 8.37. The fourth-order valence-electron chi connectivity index (χ4n) is 3.53. The van der Waals surface area contributed by atoms with Crippen LogP contribution in [0, 0.1) is 6.92 Å². The zero-order valence-corrected chi connectivity index (χ0v) is 17.3. The van der Waals surface area contributed by atoms with Gasteiger partial charge in [0.15, 0.2) is 0 Å². The Morgan fingerprint density at radius 1 is 1.10 bits per heavy atom. The summed E-state index contributed by atoms with van der Waals surface area (Å²) in [6.45, 7) is 1.68. The van der Waals surface area contributed by atoms with E-state index >= 15 is 0 Å². The molecular weight excluding hydrogens is 404 g/mol. The molecule has 3 aromatic rings. The molecule has 2 aromatic carbocycles. The first-order valence-corrected chi connectivity index (χ1v) is 11.2. The number of carbonyl (C=O) groups excluding carboxylic acids is 1. The highest BCUT2D eigenvalue weighted by atomic mass is 32.2. The van der Waals surface area contributed by atoms with Gasteiger partial charge in [-0.25, -0.2) is 13.1 Å². The summed E-state index contributed by atoms with van der Waals surface area (Å²) in [5, 5.41) is 6.71. The van der Waals surface area contributed by atoms with Crippen molar-refractivity contribution in [1.82, 2.24) is 14.9 Å². The van der Waals surface area contributed by atoms with Gasteiger partial charge in [-0.3, -0.25) is 4.79 Å². The maximum Gasteiger partial charge on any atom is 0.255 e. The van der Waals surface area contributed by atoms with E-state index in [0.29, 0.717) is 23.0 Å². The van der Waals surface area contributed by atoms with Crippen molar-refractivity contribution in [2.75, 3.05) is 5.32 Å². The third-order valence-corrected chi connectivity index (χ3v) is 6.55. The molecule has 0 unspecified atom stereocenters. The molecule has 4 rings (SSSR count). The molecule has 0 atom stereocenters. The van der Waals surface area contributed by atoms with Crippen molar-refractivity contribution < 1.29 is 17.7 Å². The molecule has 1 fully saturated rings. The number of rotatable bonds is 6. The van der Waals surface area contributed by atoms with Crippen LogP contribution in [0.25, 0.3) is 11.4 Å². The molecule has 30 heavy (non-hydrogen) atoms. The number of anilines is 1. The molecule has 0 radical (unpaired) electrons. The van der Waals surface area contributed by atoms with Crippen molar-refractivity contribution in [2.45, 2.75) is 43.5 Å². The Labute approximate surface area is 174 Å². The lowest BCUT2D eigenvalue weighted by molar-refractivity contribution is 0.102. The lowest BCUT2D eigenvalue weighted by atomic mass is 10.1. The monoisotopic (exact) mass is 426 g/mol. The van der Waals surface area contributed by atoms with Crippen LogP contribution >= 0.6 is 0 Å². The van der Waals surface area contributed by atoms with E-state index < -0.39 is 15.9 Å². The van der Waals surface area contributed by atoms with Crippen LogP contribution in [0.4, 0.5) is 5.69 Å². The van der Waals surface area contributed by atoms with Gasteiger partial charge in [0.05, 0.1) is 10.6 Å². The largest absolute Gasteiger partial charge is 0.339 e. The molecule has 0 saturated heterocycles. The number of aromatic nitrogens is 2. The molecule has 1 aliphatic rings. The standard InChI is InChI=1S/C21H22N4O4S/c1-14-22-20(24-29-14)18-11-4-5-12-19(18)23-21(26)15-7-6-10-17(13-15)30(27,28)25-16-8-2-3-9-16/h4-7,10-13,16,25H,2-3,8-9H2,1H3,(H,23,26). The van der Waals surface area contributed by atoms with Gasteiger partial charge >= 0.3 is 0 Å². The van der Waals surface area contributed by atoms with E-state index in [1.54, 1.807) is 43.3 Å². The lowest BCUT2D eigenvalue weighted by Gasteiger charge is -2.13. The second-order valence-corrected chi connectivity index (χ2v) is 8.98. The Balaban J connectivity index is 1.56. The van der Waals surface area contributed by atoms with Crippen LogP contribution in [-0.4, -0.2) is 30.5 Å². The summed E-state index contributed by atoms with van der Waals surface area (Å²) in [5.41, 5.74) is 1.35. The minimum atomic E-state index is -3.68. The third-order valence-electron chi connectivity index (χ3n) is 5.03. The number of hydrogen-bond acceptors (Lipinski definition) is 6. The average molecular weight is 426 g/mol. The zero-order chi connectivity index (χ0) is 21.1. The molecule has 0 spiro atoms. The Morgan fingerprint density at radius 2 is 1.87 bits per heavy atom. The van der Waals surface area contributed by atoms with Gasteiger partial charge < -0.3 is 9.84 Å². The van der Waals surface area contributed by atoms with Crippen molar-refractivity contribution in [1.29, 1.82) is 0 Å². The normalized spacial score (nSPS) is 14.7. The molecule has 0 aliphatic heterocycles. The Bertz CT molecular complexity index is 1170. The van der Waals surface area contributed by atoms with Crippen molar-refractivity contribution in [3.63, 3.8) is 0 Å². The average Bonchev–Trinajstić information content (AvgIpc) is 3.40. The molecule has 8 nitrogen and oxygen atoms in total. The molecule has 9 heteroatoms. The number of nitrogens with zero attached hydrogens (tertiary/aromatic N) is 2. The lowest BCUT2D eigenvalue weighted by Crippen LogP contribution is -2.32. The maximum absolute atomic E-state index is 12.8. The van der Waals surface area contributed by atoms with Crippen molar-refractivity contribution in [2.24, 2.45) is 0 Å². The van der Waals surface area contributed by atoms with Crippen LogP contribution in [0.15, 0.2) is 57.9 Å². The van der Waals surface area contributed by atoms with Crippen LogP contribution in [0.5, 0.6) is 0 Å². The third kappa shape index (κ3) is 4.42. The zero-order valence-electron chi connectivity index (χ0n) is 16.5. The minimum Gasteiger partial charge on any atom is -0.339 e. The number of sulfonamides is 1. The first-order chi connectivity index (χ1) is 14.4. The van der Waals surface area contributed by atoms with Gasteiger partial charge in [0.25, 0.3) is 5.91 Å². The SMILES string of the molecule is Cc1nc(-c2ccccc2NC(=O)c2cccc(S(=O)(=O)NC3CCCC3)c2)no1. The quantitative estimate of drug-likeness (QED) is 0.623. The van der Waals surface area contributed by atoms with E-state index in [1.807, 2.05) is 0 Å². The maximum atomic E-state index is 12.8. The van der Waals surface area contributed by atoms with E-state index in [9.17, 15) is 13.2 Å². The van der Waals surface area contributed by atoms with Crippen LogP contribution in [-0.2, 0) is 10.0 Å². The summed E-state index contributed by atoms with van der Waals surface area (Å²) in [6.07, 6.45) is 3.72. The molecule has 1 heterocycles. The van der Waals surface area contributed by atoms with Gasteiger partial charge in [-0.05, 0) is 43.2 Å². The predicted octanol–water partition coefficient (Wildman–Crippen LogP) is 3.52. The van der Waals surface area contributed by atoms with Crippen LogP contribution < -0.4 is 10.0 Å². The summed E-state index contributed by atoms with van der Waals surface area (Å²) in [4.78, 5) is 17.1. The number of amides is 1. The highest BCUT2D eigenvalue weighted by molar-refractivity contribution is 7.89. The molecule has 0 bridgehead atoms. The van der Waals surface area contributed by atoms with Gasteiger partial charge in [0.2, 0.25) is 21.7 Å². The van der Waals surface area contributed by atoms with E-state index in [-0.39, 0.29) is 16.5 Å². The van der Waals surface area contributed by atoms with Crippen molar-refractivity contribution in [3.05, 3.63) is 60.0 Å². The molecule has 156 valence electrons. The van der Waals surface area contributed by atoms with Crippen LogP contribution in [0.3, 0.4) is 0 Å². The smallest absolute Gasteiger partial charge is 0.255 e. The number of aryl methyl sites for hydroxylation is 1. The van der Waals surface area contributed by atoms with Gasteiger partial charge in [-0.1, -0.05) is 36.2 Å². The first-order valence-electron chi connectivity index (χ1n) is 9.76. The predicted molar refractivity (Wildman–Crippen MR) is 111 cm³/mol. The molecular formula is C21H22N4O4S.